The summed E-state index contributed by atoms with van der Waals surface area (Å²) < 4.78 is 79.7. The number of benzene rings is 2. The van der Waals surface area contributed by atoms with Gasteiger partial charge in [0.05, 0.1) is 20.6 Å². The minimum atomic E-state index is -4.74. The Bertz CT molecular complexity index is 1270. The van der Waals surface area contributed by atoms with Crippen molar-refractivity contribution >= 4 is 44.5 Å². The summed E-state index contributed by atoms with van der Waals surface area (Å²) in [5, 5.41) is 0. The lowest BCUT2D eigenvalue weighted by molar-refractivity contribution is -0.121. The Balaban J connectivity index is 2.03. The van der Waals surface area contributed by atoms with Crippen LogP contribution >= 0.6 is 0 Å². The Kier molecular flexibility index (Phi) is 9.13. The average molecular weight is 529 g/mol. The predicted octanol–water partition coefficient (Wildman–Crippen LogP) is 2.32. The van der Waals surface area contributed by atoms with Crippen molar-refractivity contribution in [2.75, 3.05) is 14.2 Å². The number of hydrogen-bond donors (Lipinski definition) is 2. The van der Waals surface area contributed by atoms with E-state index in [0.29, 0.717) is 11.1 Å². The van der Waals surface area contributed by atoms with Gasteiger partial charge in [0.15, 0.2) is 34.6 Å². The predicted molar refractivity (Wildman–Crippen MR) is 123 cm³/mol. The minimum Gasteiger partial charge on any atom is -0.493 e. The molecule has 2 rings (SSSR count). The Hall–Kier alpha value is -3.72. The zero-order valence-electron chi connectivity index (χ0n) is 18.3. The largest absolute Gasteiger partial charge is 0.493 e. The topological polar surface area (TPSA) is 180 Å². The molecule has 2 aromatic rings. The van der Waals surface area contributed by atoms with Gasteiger partial charge in [0.2, 0.25) is 0 Å². The summed E-state index contributed by atoms with van der Waals surface area (Å²) >= 11 is 0. The molecule has 0 aromatic heterocycles. The second-order valence-corrected chi connectivity index (χ2v) is 8.66. The normalized spacial score (nSPS) is 12.0. The summed E-state index contributed by atoms with van der Waals surface area (Å²) in [6.07, 6.45) is 4.59. The van der Waals surface area contributed by atoms with Crippen LogP contribution in [-0.2, 0) is 30.4 Å². The molecule has 0 saturated carbocycles. The van der Waals surface area contributed by atoms with Crippen LogP contribution in [0.2, 0.25) is 0 Å². The first kappa shape index (κ1) is 27.5. The van der Waals surface area contributed by atoms with Gasteiger partial charge in [0, 0.05) is 0 Å². The summed E-state index contributed by atoms with van der Waals surface area (Å²) in [4.78, 5) is 24.2. The third-order valence-corrected chi connectivity index (χ3v) is 4.82. The van der Waals surface area contributed by atoms with E-state index in [1.807, 2.05) is 0 Å². The molecular formula is C21H20O12S2. The van der Waals surface area contributed by atoms with Crippen LogP contribution in [0, 0.1) is 0 Å². The number of carbonyl (C=O) groups excluding carboxylic acids is 2. The van der Waals surface area contributed by atoms with E-state index in [-0.39, 0.29) is 23.0 Å². The molecule has 0 unspecified atom stereocenters. The van der Waals surface area contributed by atoms with Gasteiger partial charge in [-0.15, -0.1) is 0 Å². The van der Waals surface area contributed by atoms with Crippen molar-refractivity contribution in [1.29, 1.82) is 0 Å². The fraction of sp³-hybridized carbons (Fsp3) is 0.143. The maximum absolute atomic E-state index is 12.1. The monoisotopic (exact) mass is 528 g/mol. The Morgan fingerprint density at radius 2 is 1.09 bits per heavy atom. The molecule has 12 nitrogen and oxygen atoms in total. The molecule has 0 spiro atoms. The molecule has 0 fully saturated rings. The first-order chi connectivity index (χ1) is 16.3. The van der Waals surface area contributed by atoms with E-state index >= 15 is 0 Å². The number of methoxy groups -OCH3 is 2. The fourth-order valence-electron chi connectivity index (χ4n) is 2.61. The van der Waals surface area contributed by atoms with E-state index < -0.39 is 38.8 Å². The summed E-state index contributed by atoms with van der Waals surface area (Å²) in [5.74, 6) is -1.59. The molecule has 0 bridgehead atoms. The molecule has 0 radical (unpaired) electrons. The van der Waals surface area contributed by atoms with Crippen molar-refractivity contribution in [2.24, 2.45) is 0 Å². The minimum absolute atomic E-state index is 0.0142. The maximum Gasteiger partial charge on any atom is 0.446 e. The highest BCUT2D eigenvalue weighted by molar-refractivity contribution is 7.81. The second kappa shape index (κ2) is 11.6. The quantitative estimate of drug-likeness (QED) is 0.233. The van der Waals surface area contributed by atoms with Gasteiger partial charge in [0.25, 0.3) is 0 Å². The average Bonchev–Trinajstić information content (AvgIpc) is 2.75. The van der Waals surface area contributed by atoms with Gasteiger partial charge in [-0.3, -0.25) is 18.7 Å². The maximum atomic E-state index is 12.1. The van der Waals surface area contributed by atoms with Crippen molar-refractivity contribution in [2.45, 2.75) is 6.42 Å². The smallest absolute Gasteiger partial charge is 0.446 e. The van der Waals surface area contributed by atoms with Crippen LogP contribution in [-0.4, -0.2) is 51.7 Å². The first-order valence-electron chi connectivity index (χ1n) is 9.41. The van der Waals surface area contributed by atoms with E-state index in [1.54, 1.807) is 0 Å². The first-order valence-corrected chi connectivity index (χ1v) is 12.1. The second-order valence-electron chi connectivity index (χ2n) is 6.62. The van der Waals surface area contributed by atoms with E-state index in [2.05, 4.69) is 8.37 Å². The van der Waals surface area contributed by atoms with Gasteiger partial charge in [-0.05, 0) is 47.5 Å². The molecule has 14 heteroatoms. The number of ether oxygens (including phenoxy) is 2. The molecule has 0 saturated heterocycles. The standard InChI is InChI=1S/C21H20O12S2/c1-30-20-11-14(5-9-18(20)32-34(24,25)26)3-7-16(22)13-17(23)8-4-15-6-10-19(21(12-15)31-2)33-35(27,28)29/h3-12H,13H2,1-2H3,(H,24,25,26)(H,27,28,29)/b7-3+,8-4+. The molecule has 0 aliphatic heterocycles. The number of carbonyl (C=O) groups is 2. The van der Waals surface area contributed by atoms with E-state index in [4.69, 9.17) is 18.6 Å². The molecule has 0 amide bonds. The number of ketones is 2. The Morgan fingerprint density at radius 1 is 0.714 bits per heavy atom. The Labute approximate surface area is 201 Å². The SMILES string of the molecule is COc1cc(/C=C/C(=O)CC(=O)/C=C/c2ccc(OS(=O)(=O)O)c(OC)c2)ccc1OS(=O)(=O)O. The number of hydrogen-bond acceptors (Lipinski definition) is 10. The lowest BCUT2D eigenvalue weighted by atomic mass is 10.1. The van der Waals surface area contributed by atoms with Crippen LogP contribution in [0.15, 0.2) is 48.6 Å². The molecule has 2 aromatic carbocycles. The third-order valence-electron chi connectivity index (χ3n) is 4.04. The molecule has 2 N–H and O–H groups in total. The van der Waals surface area contributed by atoms with Gasteiger partial charge in [-0.1, -0.05) is 24.3 Å². The van der Waals surface area contributed by atoms with Crippen molar-refractivity contribution in [1.82, 2.24) is 0 Å². The van der Waals surface area contributed by atoms with E-state index in [9.17, 15) is 26.4 Å². The zero-order valence-corrected chi connectivity index (χ0v) is 19.9. The molecule has 0 aliphatic rings. The highest BCUT2D eigenvalue weighted by atomic mass is 32.3. The van der Waals surface area contributed by atoms with Gasteiger partial charge < -0.3 is 17.8 Å². The van der Waals surface area contributed by atoms with Crippen molar-refractivity contribution in [3.05, 3.63) is 59.7 Å². The van der Waals surface area contributed by atoms with E-state index in [1.165, 1.54) is 62.8 Å². The summed E-state index contributed by atoms with van der Waals surface area (Å²) in [6.45, 7) is 0. The van der Waals surface area contributed by atoms with Gasteiger partial charge in [-0.25, -0.2) is 0 Å². The summed E-state index contributed by atoms with van der Waals surface area (Å²) in [6, 6.07) is 7.94. The van der Waals surface area contributed by atoms with Crippen LogP contribution in [0.5, 0.6) is 23.0 Å². The lowest BCUT2D eigenvalue weighted by Gasteiger charge is -2.08. The van der Waals surface area contributed by atoms with Gasteiger partial charge in [0.1, 0.15) is 0 Å². The third kappa shape index (κ3) is 9.58. The molecule has 0 heterocycles. The number of allylic oxidation sites excluding steroid dienone is 2. The van der Waals surface area contributed by atoms with Crippen molar-refractivity contribution < 1.29 is 53.4 Å². The fourth-order valence-corrected chi connectivity index (χ4v) is 3.34. The molecule has 188 valence electrons. The number of rotatable bonds is 12. The Morgan fingerprint density at radius 3 is 1.40 bits per heavy atom. The lowest BCUT2D eigenvalue weighted by Crippen LogP contribution is -2.07. The van der Waals surface area contributed by atoms with Crippen molar-refractivity contribution in [3.63, 3.8) is 0 Å². The van der Waals surface area contributed by atoms with Crippen LogP contribution in [0.3, 0.4) is 0 Å². The van der Waals surface area contributed by atoms with Gasteiger partial charge >= 0.3 is 20.8 Å². The van der Waals surface area contributed by atoms with Gasteiger partial charge in [-0.2, -0.15) is 16.8 Å². The summed E-state index contributed by atoms with van der Waals surface area (Å²) in [5.41, 5.74) is 0.861. The van der Waals surface area contributed by atoms with Crippen LogP contribution in [0.25, 0.3) is 12.2 Å². The summed E-state index contributed by atoms with van der Waals surface area (Å²) in [7, 11) is -6.99. The zero-order chi connectivity index (χ0) is 26.2. The van der Waals surface area contributed by atoms with Crippen LogP contribution in [0.4, 0.5) is 0 Å². The van der Waals surface area contributed by atoms with Crippen LogP contribution < -0.4 is 17.8 Å². The van der Waals surface area contributed by atoms with E-state index in [0.717, 1.165) is 12.2 Å². The highest BCUT2D eigenvalue weighted by Crippen LogP contribution is 2.30. The molecular weight excluding hydrogens is 508 g/mol. The van der Waals surface area contributed by atoms with Crippen LogP contribution in [0.1, 0.15) is 17.5 Å². The molecule has 0 atom stereocenters. The highest BCUT2D eigenvalue weighted by Gasteiger charge is 2.14. The van der Waals surface area contributed by atoms with Crippen molar-refractivity contribution in [3.8, 4) is 23.0 Å². The molecule has 0 aliphatic carbocycles. The molecule has 35 heavy (non-hydrogen) atoms.